The molecule has 2 aromatic rings. The number of nitrogens with zero attached hydrogens (tertiary/aromatic N) is 1. The van der Waals surface area contributed by atoms with E-state index in [1.807, 2.05) is 24.3 Å². The van der Waals surface area contributed by atoms with Crippen LogP contribution in [0.5, 0.6) is 0 Å². The number of carboxylic acids is 1. The second-order valence-corrected chi connectivity index (χ2v) is 4.58. The van der Waals surface area contributed by atoms with Crippen molar-refractivity contribution in [3.63, 3.8) is 0 Å². The predicted octanol–water partition coefficient (Wildman–Crippen LogP) is 0.852. The zero-order valence-electron chi connectivity index (χ0n) is 11.2. The second kappa shape index (κ2) is 6.04. The Morgan fingerprint density at radius 1 is 1.00 bits per heavy atom. The Morgan fingerprint density at radius 3 is 2.29 bits per heavy atom. The molecule has 0 saturated carbocycles. The van der Waals surface area contributed by atoms with Gasteiger partial charge in [0, 0.05) is 5.56 Å². The number of hydrogen-bond acceptors (Lipinski definition) is 3. The molecule has 0 atom stereocenters. The fraction of sp³-hybridized carbons (Fsp3) is 0.133. The monoisotopic (exact) mass is 286 g/mol. The number of aliphatic carboxylic acids is 1. The van der Waals surface area contributed by atoms with Crippen LogP contribution in [0.3, 0.4) is 0 Å². The molecule has 0 aromatic heterocycles. The van der Waals surface area contributed by atoms with Gasteiger partial charge in [0.05, 0.1) is 0 Å². The number of amides is 2. The van der Waals surface area contributed by atoms with Gasteiger partial charge in [-0.3, -0.25) is 14.4 Å². The number of fused-ring (bicyclic) bond motifs is 1. The molecule has 21 heavy (non-hydrogen) atoms. The van der Waals surface area contributed by atoms with Crippen LogP contribution >= 0.6 is 0 Å². The molecule has 0 fully saturated rings. The van der Waals surface area contributed by atoms with E-state index >= 15 is 0 Å². The Labute approximate surface area is 120 Å². The summed E-state index contributed by atoms with van der Waals surface area (Å²) in [5.41, 5.74) is 5.37. The van der Waals surface area contributed by atoms with Gasteiger partial charge in [0.1, 0.15) is 13.1 Å². The summed E-state index contributed by atoms with van der Waals surface area (Å²) in [7, 11) is 0. The number of rotatable bonds is 5. The molecule has 2 aromatic carbocycles. The van der Waals surface area contributed by atoms with Gasteiger partial charge in [0.25, 0.3) is 5.91 Å². The molecule has 0 radical (unpaired) electrons. The molecule has 0 saturated heterocycles. The Kier molecular flexibility index (Phi) is 4.18. The lowest BCUT2D eigenvalue weighted by atomic mass is 10.1. The number of nitrogens with two attached hydrogens (primary N) is 1. The minimum Gasteiger partial charge on any atom is -0.480 e. The van der Waals surface area contributed by atoms with Gasteiger partial charge in [-0.25, -0.2) is 0 Å². The van der Waals surface area contributed by atoms with E-state index in [2.05, 4.69) is 0 Å². The topological polar surface area (TPSA) is 101 Å². The van der Waals surface area contributed by atoms with Gasteiger partial charge >= 0.3 is 5.97 Å². The van der Waals surface area contributed by atoms with E-state index in [0.29, 0.717) is 5.56 Å². The molecule has 6 nitrogen and oxygen atoms in total. The average Bonchev–Trinajstić information content (AvgIpc) is 2.44. The molecule has 2 amide bonds. The van der Waals surface area contributed by atoms with Crippen LogP contribution in [0, 0.1) is 0 Å². The molecular weight excluding hydrogens is 272 g/mol. The number of carbonyl (C=O) groups excluding carboxylic acids is 2. The maximum absolute atomic E-state index is 12.3. The highest BCUT2D eigenvalue weighted by molar-refractivity contribution is 6.01. The van der Waals surface area contributed by atoms with E-state index in [1.54, 1.807) is 18.2 Å². The zero-order chi connectivity index (χ0) is 15.4. The van der Waals surface area contributed by atoms with Crippen molar-refractivity contribution >= 4 is 28.6 Å². The minimum atomic E-state index is -1.20. The Morgan fingerprint density at radius 2 is 1.67 bits per heavy atom. The summed E-state index contributed by atoms with van der Waals surface area (Å²) in [6.45, 7) is -1.01. The number of hydrogen-bond donors (Lipinski definition) is 2. The molecule has 0 bridgehead atoms. The van der Waals surface area contributed by atoms with E-state index in [0.717, 1.165) is 15.7 Å². The molecular formula is C15H14N2O4. The summed E-state index contributed by atoms with van der Waals surface area (Å²) in [6.07, 6.45) is 0. The first-order valence-corrected chi connectivity index (χ1v) is 6.25. The van der Waals surface area contributed by atoms with Crippen LogP contribution in [0.2, 0.25) is 0 Å². The van der Waals surface area contributed by atoms with Gasteiger partial charge in [0.15, 0.2) is 0 Å². The molecule has 3 N–H and O–H groups in total. The molecule has 108 valence electrons. The van der Waals surface area contributed by atoms with Crippen LogP contribution in [-0.2, 0) is 9.59 Å². The average molecular weight is 286 g/mol. The van der Waals surface area contributed by atoms with E-state index in [-0.39, 0.29) is 0 Å². The molecule has 0 aliphatic carbocycles. The first-order chi connectivity index (χ1) is 9.97. The quantitative estimate of drug-likeness (QED) is 0.850. The van der Waals surface area contributed by atoms with E-state index < -0.39 is 30.9 Å². The van der Waals surface area contributed by atoms with Gasteiger partial charge in [-0.15, -0.1) is 0 Å². The summed E-state index contributed by atoms with van der Waals surface area (Å²) >= 11 is 0. The van der Waals surface area contributed by atoms with Crippen LogP contribution in [0.25, 0.3) is 10.8 Å². The van der Waals surface area contributed by atoms with Crippen molar-refractivity contribution in [2.75, 3.05) is 13.1 Å². The molecule has 6 heteroatoms. The molecule has 0 spiro atoms. The van der Waals surface area contributed by atoms with Gasteiger partial charge < -0.3 is 15.7 Å². The first-order valence-electron chi connectivity index (χ1n) is 6.25. The first kappa shape index (κ1) is 14.5. The zero-order valence-corrected chi connectivity index (χ0v) is 11.2. The van der Waals surface area contributed by atoms with Gasteiger partial charge in [-0.2, -0.15) is 0 Å². The highest BCUT2D eigenvalue weighted by atomic mass is 16.4. The fourth-order valence-electron chi connectivity index (χ4n) is 2.06. The predicted molar refractivity (Wildman–Crippen MR) is 76.7 cm³/mol. The van der Waals surface area contributed by atoms with Crippen LogP contribution in [0.15, 0.2) is 42.5 Å². The fourth-order valence-corrected chi connectivity index (χ4v) is 2.06. The third-order valence-electron chi connectivity index (χ3n) is 2.96. The van der Waals surface area contributed by atoms with Crippen molar-refractivity contribution in [3.05, 3.63) is 48.0 Å². The van der Waals surface area contributed by atoms with Crippen molar-refractivity contribution < 1.29 is 19.5 Å². The van der Waals surface area contributed by atoms with Crippen LogP contribution in [-0.4, -0.2) is 40.9 Å². The number of benzene rings is 2. The second-order valence-electron chi connectivity index (χ2n) is 4.58. The summed E-state index contributed by atoms with van der Waals surface area (Å²) in [6, 6.07) is 12.5. The number of carbonyl (C=O) groups is 3. The largest absolute Gasteiger partial charge is 0.480 e. The van der Waals surface area contributed by atoms with Crippen LogP contribution in [0.1, 0.15) is 10.4 Å². The number of carboxylic acid groups (broad SMARTS) is 1. The highest BCUT2D eigenvalue weighted by Gasteiger charge is 2.20. The van der Waals surface area contributed by atoms with Crippen LogP contribution < -0.4 is 5.73 Å². The van der Waals surface area contributed by atoms with Gasteiger partial charge in [-0.1, -0.05) is 30.3 Å². The van der Waals surface area contributed by atoms with Gasteiger partial charge in [-0.05, 0) is 22.9 Å². The Hall–Kier alpha value is -2.89. The molecule has 0 aliphatic rings. The Bertz CT molecular complexity index is 696. The lowest BCUT2D eigenvalue weighted by molar-refractivity contribution is -0.138. The smallest absolute Gasteiger partial charge is 0.323 e. The molecule has 0 unspecified atom stereocenters. The molecule has 0 aliphatic heterocycles. The third kappa shape index (κ3) is 3.56. The highest BCUT2D eigenvalue weighted by Crippen LogP contribution is 2.16. The summed E-state index contributed by atoms with van der Waals surface area (Å²) in [4.78, 5) is 35.0. The normalized spacial score (nSPS) is 10.3. The van der Waals surface area contributed by atoms with Crippen LogP contribution in [0.4, 0.5) is 0 Å². The van der Waals surface area contributed by atoms with Crippen molar-refractivity contribution in [1.29, 1.82) is 0 Å². The number of primary amides is 1. The molecule has 2 rings (SSSR count). The third-order valence-corrected chi connectivity index (χ3v) is 2.96. The van der Waals surface area contributed by atoms with Crippen molar-refractivity contribution in [3.8, 4) is 0 Å². The lowest BCUT2D eigenvalue weighted by Gasteiger charge is -2.19. The van der Waals surface area contributed by atoms with E-state index in [9.17, 15) is 14.4 Å². The summed E-state index contributed by atoms with van der Waals surface area (Å²) in [5.74, 6) is -2.50. The van der Waals surface area contributed by atoms with E-state index in [4.69, 9.17) is 10.8 Å². The van der Waals surface area contributed by atoms with Crippen molar-refractivity contribution in [1.82, 2.24) is 4.90 Å². The summed E-state index contributed by atoms with van der Waals surface area (Å²) in [5, 5.41) is 10.6. The van der Waals surface area contributed by atoms with Crippen molar-refractivity contribution in [2.45, 2.75) is 0 Å². The summed E-state index contributed by atoms with van der Waals surface area (Å²) < 4.78 is 0. The minimum absolute atomic E-state index is 0.316. The maximum Gasteiger partial charge on any atom is 0.323 e. The lowest BCUT2D eigenvalue weighted by Crippen LogP contribution is -2.41. The Balaban J connectivity index is 2.32. The van der Waals surface area contributed by atoms with Crippen molar-refractivity contribution in [2.24, 2.45) is 5.73 Å². The van der Waals surface area contributed by atoms with Gasteiger partial charge in [0.2, 0.25) is 5.91 Å². The van der Waals surface area contributed by atoms with E-state index in [1.165, 1.54) is 0 Å². The maximum atomic E-state index is 12.3. The SMILES string of the molecule is NC(=O)CN(CC(=O)O)C(=O)c1ccc2ccccc2c1. The standard InChI is InChI=1S/C15H14N2O4/c16-13(18)8-17(9-14(19)20)15(21)12-6-5-10-3-1-2-4-11(10)7-12/h1-7H,8-9H2,(H2,16,18)(H,19,20). The molecule has 0 heterocycles.